The number of amides is 1. The van der Waals surface area contributed by atoms with E-state index in [4.69, 9.17) is 9.84 Å². The van der Waals surface area contributed by atoms with Crippen molar-refractivity contribution in [1.82, 2.24) is 19.7 Å². The van der Waals surface area contributed by atoms with Gasteiger partial charge < -0.3 is 4.74 Å². The number of aromatic nitrogens is 4. The summed E-state index contributed by atoms with van der Waals surface area (Å²) < 4.78 is 7.06. The van der Waals surface area contributed by atoms with Crippen LogP contribution in [0.3, 0.4) is 0 Å². The lowest BCUT2D eigenvalue weighted by molar-refractivity contribution is 0.215. The number of benzene rings is 2. The van der Waals surface area contributed by atoms with Gasteiger partial charge in [-0.25, -0.2) is 19.4 Å². The average Bonchev–Trinajstić information content (AvgIpc) is 3.06. The summed E-state index contributed by atoms with van der Waals surface area (Å²) in [6.07, 6.45) is 2.85. The van der Waals surface area contributed by atoms with Crippen molar-refractivity contribution in [2.45, 2.75) is 13.8 Å². The zero-order chi connectivity index (χ0) is 20.2. The molecule has 2 aromatic carbocycles. The largest absolute Gasteiger partial charge is 0.418 e. The highest BCUT2D eigenvalue weighted by Crippen LogP contribution is 2.30. The average molecular weight is 385 g/mol. The number of nitrogens with one attached hydrogen (secondary N) is 1. The SMILES string of the molecule is Cc1ncc(-c2nn(-c3ccccc3)c(NC(=O)Oc3ccccc3)c2C)cn1. The van der Waals surface area contributed by atoms with Gasteiger partial charge in [0, 0.05) is 23.5 Å². The molecule has 2 heterocycles. The summed E-state index contributed by atoms with van der Waals surface area (Å²) in [6, 6.07) is 18.5. The van der Waals surface area contributed by atoms with E-state index in [-0.39, 0.29) is 0 Å². The van der Waals surface area contributed by atoms with E-state index in [2.05, 4.69) is 15.3 Å². The standard InChI is InChI=1S/C22H19N5O2/c1-15-20(17-13-23-16(2)24-14-17)26-27(18-9-5-3-6-10-18)21(15)25-22(28)29-19-11-7-4-8-12-19/h3-14H,1-2H3,(H,25,28). The summed E-state index contributed by atoms with van der Waals surface area (Å²) in [5.74, 6) is 1.66. The third-order valence-electron chi connectivity index (χ3n) is 4.35. The van der Waals surface area contributed by atoms with Crippen LogP contribution in [0, 0.1) is 13.8 Å². The highest BCUT2D eigenvalue weighted by molar-refractivity contribution is 5.88. The van der Waals surface area contributed by atoms with Crippen LogP contribution in [0.1, 0.15) is 11.4 Å². The molecule has 2 aromatic heterocycles. The van der Waals surface area contributed by atoms with Gasteiger partial charge >= 0.3 is 6.09 Å². The van der Waals surface area contributed by atoms with Gasteiger partial charge in [0.25, 0.3) is 0 Å². The zero-order valence-corrected chi connectivity index (χ0v) is 16.0. The topological polar surface area (TPSA) is 81.9 Å². The maximum Gasteiger partial charge on any atom is 0.418 e. The molecule has 4 rings (SSSR count). The van der Waals surface area contributed by atoms with E-state index in [1.807, 2.05) is 50.2 Å². The van der Waals surface area contributed by atoms with Gasteiger partial charge in [0.15, 0.2) is 0 Å². The van der Waals surface area contributed by atoms with Gasteiger partial charge in [0.1, 0.15) is 23.1 Å². The summed E-state index contributed by atoms with van der Waals surface area (Å²) in [4.78, 5) is 21.0. The minimum Gasteiger partial charge on any atom is -0.410 e. The second-order valence-electron chi connectivity index (χ2n) is 6.42. The van der Waals surface area contributed by atoms with Crippen molar-refractivity contribution in [2.24, 2.45) is 0 Å². The highest BCUT2D eigenvalue weighted by Gasteiger charge is 2.20. The third kappa shape index (κ3) is 3.98. The lowest BCUT2D eigenvalue weighted by atomic mass is 10.1. The molecule has 1 amide bonds. The maximum absolute atomic E-state index is 12.5. The Morgan fingerprint density at radius 2 is 1.55 bits per heavy atom. The number of hydrogen-bond donors (Lipinski definition) is 1. The maximum atomic E-state index is 12.5. The predicted octanol–water partition coefficient (Wildman–Crippen LogP) is 4.56. The predicted molar refractivity (Wildman–Crippen MR) is 110 cm³/mol. The molecule has 0 bridgehead atoms. The van der Waals surface area contributed by atoms with Gasteiger partial charge in [-0.05, 0) is 38.1 Å². The van der Waals surface area contributed by atoms with Crippen molar-refractivity contribution in [3.05, 3.63) is 84.4 Å². The van der Waals surface area contributed by atoms with Crippen molar-refractivity contribution in [1.29, 1.82) is 0 Å². The van der Waals surface area contributed by atoms with Crippen LogP contribution in [-0.2, 0) is 0 Å². The van der Waals surface area contributed by atoms with E-state index in [0.717, 1.165) is 16.8 Å². The van der Waals surface area contributed by atoms with Gasteiger partial charge in [-0.2, -0.15) is 5.10 Å². The summed E-state index contributed by atoms with van der Waals surface area (Å²) in [6.45, 7) is 3.71. The van der Waals surface area contributed by atoms with Gasteiger partial charge in [-0.3, -0.25) is 5.32 Å². The smallest absolute Gasteiger partial charge is 0.410 e. The molecule has 0 saturated heterocycles. The van der Waals surface area contributed by atoms with Crippen molar-refractivity contribution in [3.63, 3.8) is 0 Å². The fourth-order valence-electron chi connectivity index (χ4n) is 2.91. The van der Waals surface area contributed by atoms with E-state index < -0.39 is 6.09 Å². The lowest BCUT2D eigenvalue weighted by Gasteiger charge is -2.10. The molecule has 0 aliphatic heterocycles. The Bertz CT molecular complexity index is 1120. The Hall–Kier alpha value is -4.00. The number of para-hydroxylation sites is 2. The first kappa shape index (κ1) is 18.4. The molecule has 0 radical (unpaired) electrons. The van der Waals surface area contributed by atoms with Crippen LogP contribution in [0.5, 0.6) is 5.75 Å². The number of carbonyl (C=O) groups is 1. The Kier molecular flexibility index (Phi) is 5.03. The molecule has 144 valence electrons. The van der Waals surface area contributed by atoms with E-state index in [9.17, 15) is 4.79 Å². The Balaban J connectivity index is 1.72. The first-order valence-electron chi connectivity index (χ1n) is 9.10. The highest BCUT2D eigenvalue weighted by atomic mass is 16.6. The first-order valence-corrected chi connectivity index (χ1v) is 9.10. The lowest BCUT2D eigenvalue weighted by Crippen LogP contribution is -2.19. The van der Waals surface area contributed by atoms with Crippen LogP contribution in [0.25, 0.3) is 16.9 Å². The van der Waals surface area contributed by atoms with Gasteiger partial charge in [0.2, 0.25) is 0 Å². The minimum absolute atomic E-state index is 0.459. The molecule has 0 fully saturated rings. The van der Waals surface area contributed by atoms with Crippen molar-refractivity contribution < 1.29 is 9.53 Å². The third-order valence-corrected chi connectivity index (χ3v) is 4.35. The van der Waals surface area contributed by atoms with Crippen LogP contribution in [0.2, 0.25) is 0 Å². The molecule has 0 aliphatic rings. The second kappa shape index (κ2) is 7.93. The number of ether oxygens (including phenoxy) is 1. The molecule has 0 saturated carbocycles. The molecule has 0 aliphatic carbocycles. The van der Waals surface area contributed by atoms with Crippen LogP contribution < -0.4 is 10.1 Å². The number of rotatable bonds is 4. The summed E-state index contributed by atoms with van der Waals surface area (Å²) in [5.41, 5.74) is 3.04. The Morgan fingerprint density at radius 1 is 0.931 bits per heavy atom. The molecule has 0 spiro atoms. The zero-order valence-electron chi connectivity index (χ0n) is 16.0. The molecule has 29 heavy (non-hydrogen) atoms. The van der Waals surface area contributed by atoms with Crippen molar-refractivity contribution in [2.75, 3.05) is 5.32 Å². The molecule has 7 heteroatoms. The normalized spacial score (nSPS) is 10.6. The van der Waals surface area contributed by atoms with Crippen molar-refractivity contribution in [3.8, 4) is 22.7 Å². The van der Waals surface area contributed by atoms with E-state index in [0.29, 0.717) is 23.1 Å². The number of carbonyl (C=O) groups excluding carboxylic acids is 1. The molecule has 0 atom stereocenters. The molecule has 0 unspecified atom stereocenters. The molecule has 7 nitrogen and oxygen atoms in total. The number of nitrogens with zero attached hydrogens (tertiary/aromatic N) is 4. The number of aryl methyl sites for hydroxylation is 1. The van der Waals surface area contributed by atoms with Gasteiger partial charge in [-0.15, -0.1) is 0 Å². The summed E-state index contributed by atoms with van der Waals surface area (Å²) in [5, 5.41) is 7.53. The fraction of sp³-hybridized carbons (Fsp3) is 0.0909. The quantitative estimate of drug-likeness (QED) is 0.557. The summed E-state index contributed by atoms with van der Waals surface area (Å²) in [7, 11) is 0. The molecule has 1 N–H and O–H groups in total. The second-order valence-corrected chi connectivity index (χ2v) is 6.42. The number of hydrogen-bond acceptors (Lipinski definition) is 5. The summed E-state index contributed by atoms with van der Waals surface area (Å²) >= 11 is 0. The van der Waals surface area contributed by atoms with Crippen LogP contribution in [0.4, 0.5) is 10.6 Å². The molecular formula is C22H19N5O2. The van der Waals surface area contributed by atoms with Gasteiger partial charge in [-0.1, -0.05) is 36.4 Å². The van der Waals surface area contributed by atoms with Crippen LogP contribution >= 0.6 is 0 Å². The van der Waals surface area contributed by atoms with Crippen LogP contribution in [0.15, 0.2) is 73.1 Å². The number of anilines is 1. The first-order chi connectivity index (χ1) is 14.1. The fourth-order valence-corrected chi connectivity index (χ4v) is 2.91. The van der Waals surface area contributed by atoms with Crippen molar-refractivity contribution >= 4 is 11.9 Å². The monoisotopic (exact) mass is 385 g/mol. The molecule has 4 aromatic rings. The Morgan fingerprint density at radius 3 is 2.21 bits per heavy atom. The van der Waals surface area contributed by atoms with E-state index in [1.54, 1.807) is 41.3 Å². The van der Waals surface area contributed by atoms with Gasteiger partial charge in [0.05, 0.1) is 5.69 Å². The minimum atomic E-state index is -0.594. The molecular weight excluding hydrogens is 366 g/mol. The van der Waals surface area contributed by atoms with Crippen LogP contribution in [-0.4, -0.2) is 25.8 Å². The Labute approximate surface area is 168 Å². The van der Waals surface area contributed by atoms with E-state index in [1.165, 1.54) is 0 Å². The van der Waals surface area contributed by atoms with E-state index >= 15 is 0 Å².